The van der Waals surface area contributed by atoms with E-state index in [4.69, 9.17) is 16.3 Å². The summed E-state index contributed by atoms with van der Waals surface area (Å²) >= 11 is 7.63. The second kappa shape index (κ2) is 11.1. The number of para-hydroxylation sites is 1. The zero-order chi connectivity index (χ0) is 21.4. The maximum atomic E-state index is 12.8. The summed E-state index contributed by atoms with van der Waals surface area (Å²) in [5.41, 5.74) is 0.852. The first-order chi connectivity index (χ1) is 13.8. The van der Waals surface area contributed by atoms with Gasteiger partial charge in [0.25, 0.3) is 5.91 Å². The molecule has 0 aliphatic heterocycles. The van der Waals surface area contributed by atoms with Gasteiger partial charge in [0.2, 0.25) is 5.91 Å². The Morgan fingerprint density at radius 1 is 1.14 bits per heavy atom. The van der Waals surface area contributed by atoms with Gasteiger partial charge in [-0.3, -0.25) is 9.59 Å². The van der Waals surface area contributed by atoms with Crippen molar-refractivity contribution < 1.29 is 14.3 Å². The molecule has 0 fully saturated rings. The molecule has 0 radical (unpaired) electrons. The van der Waals surface area contributed by atoms with Crippen molar-refractivity contribution in [3.8, 4) is 5.75 Å². The zero-order valence-electron chi connectivity index (χ0n) is 17.1. The van der Waals surface area contributed by atoms with Gasteiger partial charge in [-0.2, -0.15) is 0 Å². The van der Waals surface area contributed by atoms with Gasteiger partial charge in [-0.05, 0) is 31.5 Å². The fraction of sp³-hybridized carbons (Fsp3) is 0.364. The van der Waals surface area contributed by atoms with E-state index in [0.717, 1.165) is 10.5 Å². The molecule has 5 nitrogen and oxygen atoms in total. The predicted octanol–water partition coefficient (Wildman–Crippen LogP) is 4.56. The number of carbonyl (C=O) groups is 2. The summed E-state index contributed by atoms with van der Waals surface area (Å²) < 4.78 is 5.73. The van der Waals surface area contributed by atoms with E-state index in [1.165, 1.54) is 16.7 Å². The maximum absolute atomic E-state index is 12.8. The molecule has 0 saturated carbocycles. The lowest BCUT2D eigenvalue weighted by Gasteiger charge is -2.23. The number of rotatable bonds is 9. The molecule has 2 rings (SSSR count). The van der Waals surface area contributed by atoms with Gasteiger partial charge in [0, 0.05) is 24.6 Å². The third-order valence-corrected chi connectivity index (χ3v) is 6.00. The lowest BCUT2D eigenvalue weighted by Crippen LogP contribution is -2.34. The van der Waals surface area contributed by atoms with Crippen LogP contribution in [0, 0.1) is 0 Å². The van der Waals surface area contributed by atoms with Gasteiger partial charge in [0.15, 0.2) is 6.61 Å². The molecule has 156 valence electrons. The summed E-state index contributed by atoms with van der Waals surface area (Å²) in [5, 5.41) is 3.42. The number of hydrogen-bond donors (Lipinski definition) is 1. The molecule has 0 bridgehead atoms. The Bertz CT molecular complexity index is 844. The molecule has 2 aromatic rings. The van der Waals surface area contributed by atoms with E-state index in [0.29, 0.717) is 17.2 Å². The van der Waals surface area contributed by atoms with Crippen LogP contribution in [0.1, 0.15) is 31.9 Å². The minimum atomic E-state index is -0.313. The Kier molecular flexibility index (Phi) is 8.86. The number of halogens is 1. The molecule has 0 aliphatic rings. The van der Waals surface area contributed by atoms with Crippen molar-refractivity contribution in [2.24, 2.45) is 0 Å². The maximum Gasteiger partial charge on any atom is 0.259 e. The van der Waals surface area contributed by atoms with Crippen LogP contribution in [0.2, 0.25) is 5.02 Å². The van der Waals surface area contributed by atoms with Crippen LogP contribution in [0.3, 0.4) is 0 Å². The summed E-state index contributed by atoms with van der Waals surface area (Å²) in [5.74, 6) is 0.392. The van der Waals surface area contributed by atoms with Crippen molar-refractivity contribution in [3.63, 3.8) is 0 Å². The fourth-order valence-corrected chi connectivity index (χ4v) is 3.80. The van der Waals surface area contributed by atoms with E-state index in [2.05, 4.69) is 5.32 Å². The highest BCUT2D eigenvalue weighted by Crippen LogP contribution is 2.31. The van der Waals surface area contributed by atoms with E-state index in [1.807, 2.05) is 62.4 Å². The molecule has 0 saturated heterocycles. The molecule has 0 heterocycles. The van der Waals surface area contributed by atoms with Crippen LogP contribution < -0.4 is 10.1 Å². The van der Waals surface area contributed by atoms with Crippen molar-refractivity contribution in [1.82, 2.24) is 10.2 Å². The van der Waals surface area contributed by atoms with E-state index in [-0.39, 0.29) is 29.7 Å². The first kappa shape index (κ1) is 23.1. The minimum absolute atomic E-state index is 0.0485. The number of thioether (sulfide) groups is 1. The second-order valence-corrected chi connectivity index (χ2v) is 8.56. The number of nitrogens with zero attached hydrogens (tertiary/aromatic N) is 1. The van der Waals surface area contributed by atoms with E-state index in [9.17, 15) is 9.59 Å². The molecular weight excluding hydrogens is 408 g/mol. The summed E-state index contributed by atoms with van der Waals surface area (Å²) in [6, 6.07) is 14.7. The predicted molar refractivity (Wildman–Crippen MR) is 119 cm³/mol. The topological polar surface area (TPSA) is 58.6 Å². The molecule has 29 heavy (non-hydrogen) atoms. The highest BCUT2D eigenvalue weighted by atomic mass is 35.5. The third-order valence-electron chi connectivity index (χ3n) is 4.38. The van der Waals surface area contributed by atoms with Crippen LogP contribution >= 0.6 is 23.4 Å². The smallest absolute Gasteiger partial charge is 0.259 e. The molecule has 0 spiro atoms. The Balaban J connectivity index is 2.08. The molecule has 2 amide bonds. The lowest BCUT2D eigenvalue weighted by atomic mass is 10.0. The van der Waals surface area contributed by atoms with Crippen LogP contribution in [0.25, 0.3) is 0 Å². The van der Waals surface area contributed by atoms with Gasteiger partial charge < -0.3 is 15.0 Å². The van der Waals surface area contributed by atoms with Gasteiger partial charge in [-0.15, -0.1) is 11.8 Å². The molecule has 2 unspecified atom stereocenters. The number of carbonyl (C=O) groups excluding carboxylic acids is 2. The van der Waals surface area contributed by atoms with Crippen molar-refractivity contribution in [2.75, 3.05) is 20.7 Å². The van der Waals surface area contributed by atoms with Crippen LogP contribution in [0.4, 0.5) is 0 Å². The average molecular weight is 435 g/mol. The zero-order valence-corrected chi connectivity index (χ0v) is 18.7. The Labute approximate surface area is 181 Å². The molecule has 0 aromatic heterocycles. The summed E-state index contributed by atoms with van der Waals surface area (Å²) in [6.45, 7) is 3.81. The van der Waals surface area contributed by atoms with Crippen LogP contribution in [-0.2, 0) is 9.59 Å². The first-order valence-electron chi connectivity index (χ1n) is 9.46. The summed E-state index contributed by atoms with van der Waals surface area (Å²) in [4.78, 5) is 27.0. The number of likely N-dealkylation sites (N-methyl/N-ethyl adjacent to an activating group) is 1. The van der Waals surface area contributed by atoms with Crippen molar-refractivity contribution in [1.29, 1.82) is 0 Å². The number of amides is 2. The SMILES string of the molecule is CCC(NC(=O)C(C)Sc1ccccc1Cl)c1ccccc1OCC(=O)N(C)C. The largest absolute Gasteiger partial charge is 0.483 e. The van der Waals surface area contributed by atoms with Gasteiger partial charge in [-0.25, -0.2) is 0 Å². The van der Waals surface area contributed by atoms with Crippen LogP contribution in [0.5, 0.6) is 5.75 Å². The average Bonchev–Trinajstić information content (AvgIpc) is 2.71. The number of nitrogens with one attached hydrogen (secondary N) is 1. The van der Waals surface area contributed by atoms with Gasteiger partial charge in [0.1, 0.15) is 5.75 Å². The standard InChI is InChI=1S/C22H27ClN2O3S/c1-5-18(16-10-6-8-12-19(16)28-14-21(26)25(3)4)24-22(27)15(2)29-20-13-9-7-11-17(20)23/h6-13,15,18H,5,14H2,1-4H3,(H,24,27). The van der Waals surface area contributed by atoms with Crippen molar-refractivity contribution in [3.05, 3.63) is 59.1 Å². The lowest BCUT2D eigenvalue weighted by molar-refractivity contribution is -0.130. The number of hydrogen-bond acceptors (Lipinski definition) is 4. The van der Waals surface area contributed by atoms with Gasteiger partial charge in [0.05, 0.1) is 16.3 Å². The molecular formula is C22H27ClN2O3S. The highest BCUT2D eigenvalue weighted by Gasteiger charge is 2.22. The molecule has 0 aliphatic carbocycles. The molecule has 1 N–H and O–H groups in total. The van der Waals surface area contributed by atoms with Gasteiger partial charge in [-0.1, -0.05) is 48.9 Å². The fourth-order valence-electron chi connectivity index (χ4n) is 2.64. The second-order valence-electron chi connectivity index (χ2n) is 6.77. The normalized spacial score (nSPS) is 12.7. The molecule has 2 aromatic carbocycles. The molecule has 2 atom stereocenters. The van der Waals surface area contributed by atoms with E-state index >= 15 is 0 Å². The quantitative estimate of drug-likeness (QED) is 0.588. The Hall–Kier alpha value is -2.18. The van der Waals surface area contributed by atoms with Crippen LogP contribution in [-0.4, -0.2) is 42.7 Å². The number of ether oxygens (including phenoxy) is 1. The number of benzene rings is 2. The Morgan fingerprint density at radius 3 is 2.45 bits per heavy atom. The molecule has 7 heteroatoms. The highest BCUT2D eigenvalue weighted by molar-refractivity contribution is 8.00. The monoisotopic (exact) mass is 434 g/mol. The summed E-state index contributed by atoms with van der Waals surface area (Å²) in [6.07, 6.45) is 0.692. The first-order valence-corrected chi connectivity index (χ1v) is 10.7. The van der Waals surface area contributed by atoms with Crippen molar-refractivity contribution in [2.45, 2.75) is 36.5 Å². The minimum Gasteiger partial charge on any atom is -0.483 e. The van der Waals surface area contributed by atoms with Gasteiger partial charge >= 0.3 is 0 Å². The van der Waals surface area contributed by atoms with E-state index < -0.39 is 0 Å². The Morgan fingerprint density at radius 2 is 1.79 bits per heavy atom. The van der Waals surface area contributed by atoms with Crippen molar-refractivity contribution >= 4 is 35.2 Å². The van der Waals surface area contributed by atoms with Crippen LogP contribution in [0.15, 0.2) is 53.4 Å². The summed E-state index contributed by atoms with van der Waals surface area (Å²) in [7, 11) is 3.37. The van der Waals surface area contributed by atoms with E-state index in [1.54, 1.807) is 14.1 Å². The third kappa shape index (κ3) is 6.68.